The molecule has 0 atom stereocenters. The Kier molecular flexibility index (Phi) is 4.30. The number of aromatic nitrogens is 1. The monoisotopic (exact) mass is 331 g/mol. The highest BCUT2D eigenvalue weighted by Gasteiger charge is 2.13. The fourth-order valence-corrected chi connectivity index (χ4v) is 1.97. The molecule has 7 heteroatoms. The van der Waals surface area contributed by atoms with Crippen molar-refractivity contribution in [3.63, 3.8) is 0 Å². The van der Waals surface area contributed by atoms with E-state index in [0.717, 1.165) is 4.47 Å². The Hall–Kier alpha value is -2.43. The molecule has 2 rings (SSSR count). The predicted octanol–water partition coefficient (Wildman–Crippen LogP) is 2.25. The van der Waals surface area contributed by atoms with Gasteiger partial charge in [-0.25, -0.2) is 0 Å². The Morgan fingerprint density at radius 2 is 2.15 bits per heavy atom. The maximum absolute atomic E-state index is 12.2. The van der Waals surface area contributed by atoms with Gasteiger partial charge in [-0.1, -0.05) is 15.9 Å². The molecule has 1 aromatic heterocycles. The number of carbonyl (C=O) groups excluding carboxylic acids is 1. The van der Waals surface area contributed by atoms with E-state index in [1.54, 1.807) is 24.3 Å². The number of hydrogen-bond acceptors (Lipinski definition) is 5. The first-order valence-electron chi connectivity index (χ1n) is 5.57. The number of nitriles is 1. The van der Waals surface area contributed by atoms with Crippen LogP contribution >= 0.6 is 15.9 Å². The van der Waals surface area contributed by atoms with Gasteiger partial charge in [-0.3, -0.25) is 15.6 Å². The van der Waals surface area contributed by atoms with Crippen LogP contribution in [0.1, 0.15) is 15.9 Å². The average Bonchev–Trinajstić information content (AvgIpc) is 2.48. The van der Waals surface area contributed by atoms with Gasteiger partial charge in [-0.2, -0.15) is 5.26 Å². The Morgan fingerprint density at radius 1 is 1.35 bits per heavy atom. The van der Waals surface area contributed by atoms with Crippen LogP contribution in [-0.4, -0.2) is 10.9 Å². The van der Waals surface area contributed by atoms with Gasteiger partial charge in [0.05, 0.1) is 22.5 Å². The number of nitrogen functional groups attached to an aromatic ring is 1. The summed E-state index contributed by atoms with van der Waals surface area (Å²) in [5.74, 6) is 4.94. The number of hydrogen-bond donors (Lipinski definition) is 3. The van der Waals surface area contributed by atoms with E-state index >= 15 is 0 Å². The molecular weight excluding hydrogens is 322 g/mol. The SMILES string of the molecule is N#Cc1cc(Br)ccc1NC(=O)c1cnccc1NN. The first-order valence-corrected chi connectivity index (χ1v) is 6.36. The van der Waals surface area contributed by atoms with Crippen molar-refractivity contribution in [3.05, 3.63) is 52.3 Å². The van der Waals surface area contributed by atoms with E-state index in [9.17, 15) is 4.79 Å². The van der Waals surface area contributed by atoms with E-state index in [-0.39, 0.29) is 0 Å². The minimum absolute atomic E-state index is 0.293. The highest BCUT2D eigenvalue weighted by molar-refractivity contribution is 9.10. The van der Waals surface area contributed by atoms with Gasteiger partial charge in [0, 0.05) is 16.9 Å². The summed E-state index contributed by atoms with van der Waals surface area (Å²) in [6.45, 7) is 0. The van der Waals surface area contributed by atoms with Crippen LogP contribution in [0.15, 0.2) is 41.1 Å². The third-order valence-electron chi connectivity index (χ3n) is 2.57. The van der Waals surface area contributed by atoms with Crippen molar-refractivity contribution in [2.45, 2.75) is 0 Å². The molecule has 0 aliphatic rings. The number of pyridine rings is 1. The highest BCUT2D eigenvalue weighted by atomic mass is 79.9. The first-order chi connectivity index (χ1) is 9.65. The molecule has 0 spiro atoms. The number of amides is 1. The second kappa shape index (κ2) is 6.14. The molecule has 6 nitrogen and oxygen atoms in total. The topological polar surface area (TPSA) is 104 Å². The molecule has 0 bridgehead atoms. The highest BCUT2D eigenvalue weighted by Crippen LogP contribution is 2.22. The van der Waals surface area contributed by atoms with E-state index in [4.69, 9.17) is 11.1 Å². The molecule has 0 fully saturated rings. The van der Waals surface area contributed by atoms with Crippen LogP contribution in [0, 0.1) is 11.3 Å². The Morgan fingerprint density at radius 3 is 2.85 bits per heavy atom. The average molecular weight is 332 g/mol. The number of nitrogens with two attached hydrogens (primary N) is 1. The van der Waals surface area contributed by atoms with Crippen LogP contribution in [0.3, 0.4) is 0 Å². The van der Waals surface area contributed by atoms with Crippen LogP contribution in [0.5, 0.6) is 0 Å². The van der Waals surface area contributed by atoms with Gasteiger partial charge in [0.25, 0.3) is 5.91 Å². The Balaban J connectivity index is 2.31. The third kappa shape index (κ3) is 2.93. The summed E-state index contributed by atoms with van der Waals surface area (Å²) >= 11 is 3.27. The second-order valence-electron chi connectivity index (χ2n) is 3.82. The van der Waals surface area contributed by atoms with Crippen LogP contribution in [0.2, 0.25) is 0 Å². The van der Waals surface area contributed by atoms with Gasteiger partial charge in [0.15, 0.2) is 0 Å². The summed E-state index contributed by atoms with van der Waals surface area (Å²) in [5, 5.41) is 11.7. The van der Waals surface area contributed by atoms with Crippen LogP contribution in [0.25, 0.3) is 0 Å². The van der Waals surface area contributed by atoms with E-state index in [1.807, 2.05) is 6.07 Å². The van der Waals surface area contributed by atoms with Gasteiger partial charge >= 0.3 is 0 Å². The minimum Gasteiger partial charge on any atom is -0.323 e. The smallest absolute Gasteiger partial charge is 0.259 e. The lowest BCUT2D eigenvalue weighted by atomic mass is 10.1. The van der Waals surface area contributed by atoms with E-state index in [1.165, 1.54) is 12.4 Å². The molecule has 0 radical (unpaired) electrons. The lowest BCUT2D eigenvalue weighted by Crippen LogP contribution is -2.18. The molecule has 0 aliphatic carbocycles. The van der Waals surface area contributed by atoms with Crippen molar-refractivity contribution in [3.8, 4) is 6.07 Å². The van der Waals surface area contributed by atoms with Crippen LogP contribution in [0.4, 0.5) is 11.4 Å². The van der Waals surface area contributed by atoms with Crippen molar-refractivity contribution in [2.24, 2.45) is 5.84 Å². The Bertz CT molecular complexity index is 695. The fourth-order valence-electron chi connectivity index (χ4n) is 1.61. The molecule has 0 saturated carbocycles. The standard InChI is InChI=1S/C13H10BrN5O/c14-9-1-2-11(8(5-9)6-15)18-13(20)10-7-17-4-3-12(10)19-16/h1-5,7H,16H2,(H,17,19)(H,18,20). The van der Waals surface area contributed by atoms with Crippen molar-refractivity contribution in [2.75, 3.05) is 10.7 Å². The first kappa shape index (κ1) is 14.0. The zero-order valence-corrected chi connectivity index (χ0v) is 11.8. The zero-order chi connectivity index (χ0) is 14.5. The van der Waals surface area contributed by atoms with Gasteiger partial charge in [-0.05, 0) is 24.3 Å². The summed E-state index contributed by atoms with van der Waals surface area (Å²) < 4.78 is 0.762. The van der Waals surface area contributed by atoms with Crippen molar-refractivity contribution in [1.29, 1.82) is 5.26 Å². The van der Waals surface area contributed by atoms with Crippen molar-refractivity contribution >= 4 is 33.2 Å². The third-order valence-corrected chi connectivity index (χ3v) is 3.06. The molecule has 2 aromatic rings. The second-order valence-corrected chi connectivity index (χ2v) is 4.74. The zero-order valence-electron chi connectivity index (χ0n) is 10.2. The number of carbonyl (C=O) groups is 1. The number of rotatable bonds is 3. The summed E-state index contributed by atoms with van der Waals surface area (Å²) in [6.07, 6.45) is 2.92. The minimum atomic E-state index is -0.398. The maximum atomic E-state index is 12.2. The number of anilines is 2. The molecule has 1 heterocycles. The summed E-state index contributed by atoms with van der Waals surface area (Å²) in [6, 6.07) is 8.62. The molecule has 0 unspecified atom stereocenters. The van der Waals surface area contributed by atoms with Crippen LogP contribution < -0.4 is 16.6 Å². The lowest BCUT2D eigenvalue weighted by molar-refractivity contribution is 0.102. The molecule has 1 aromatic carbocycles. The van der Waals surface area contributed by atoms with Crippen LogP contribution in [-0.2, 0) is 0 Å². The normalized spacial score (nSPS) is 9.65. The molecule has 0 aliphatic heterocycles. The summed E-state index contributed by atoms with van der Waals surface area (Å²) in [5.41, 5.74) is 3.96. The largest absolute Gasteiger partial charge is 0.323 e. The van der Waals surface area contributed by atoms with Gasteiger partial charge < -0.3 is 10.7 Å². The lowest BCUT2D eigenvalue weighted by Gasteiger charge is -2.10. The molecule has 20 heavy (non-hydrogen) atoms. The number of nitrogens with zero attached hydrogens (tertiary/aromatic N) is 2. The fraction of sp³-hybridized carbons (Fsp3) is 0. The van der Waals surface area contributed by atoms with Gasteiger partial charge in [-0.15, -0.1) is 0 Å². The summed E-state index contributed by atoms with van der Waals surface area (Å²) in [4.78, 5) is 16.1. The van der Waals surface area contributed by atoms with Gasteiger partial charge in [0.1, 0.15) is 6.07 Å². The van der Waals surface area contributed by atoms with E-state index < -0.39 is 5.91 Å². The molecule has 1 amide bonds. The predicted molar refractivity (Wildman–Crippen MR) is 78.9 cm³/mol. The molecule has 4 N–H and O–H groups in total. The van der Waals surface area contributed by atoms with Gasteiger partial charge in [0.2, 0.25) is 0 Å². The van der Waals surface area contributed by atoms with Crippen molar-refractivity contribution in [1.82, 2.24) is 4.98 Å². The molecule has 100 valence electrons. The summed E-state index contributed by atoms with van der Waals surface area (Å²) in [7, 11) is 0. The number of halogens is 1. The number of hydrazine groups is 1. The van der Waals surface area contributed by atoms with E-state index in [0.29, 0.717) is 22.5 Å². The Labute approximate surface area is 123 Å². The number of benzene rings is 1. The maximum Gasteiger partial charge on any atom is 0.259 e. The quantitative estimate of drug-likeness (QED) is 0.591. The van der Waals surface area contributed by atoms with Crippen molar-refractivity contribution < 1.29 is 4.79 Å². The number of nitrogens with one attached hydrogen (secondary N) is 2. The van der Waals surface area contributed by atoms with E-state index in [2.05, 4.69) is 31.7 Å². The molecular formula is C13H10BrN5O. The molecule has 0 saturated heterocycles.